The maximum Gasteiger partial charge on any atom is 0.261 e. The number of benzene rings is 1. The lowest BCUT2D eigenvalue weighted by Gasteiger charge is -2.33. The van der Waals surface area contributed by atoms with Crippen molar-refractivity contribution >= 4 is 26.8 Å². The number of halogens is 1. The summed E-state index contributed by atoms with van der Waals surface area (Å²) >= 11 is 3.48. The highest BCUT2D eigenvalue weighted by Crippen LogP contribution is 2.28. The van der Waals surface area contributed by atoms with Crippen LogP contribution in [0.25, 0.3) is 10.9 Å². The number of rotatable bonds is 7. The van der Waals surface area contributed by atoms with Crippen LogP contribution < -0.4 is 5.56 Å². The Bertz CT molecular complexity index is 885. The van der Waals surface area contributed by atoms with Gasteiger partial charge in [0.05, 0.1) is 23.6 Å². The summed E-state index contributed by atoms with van der Waals surface area (Å²) in [6.07, 6.45) is 2.03. The Hall–Kier alpha value is -1.28. The van der Waals surface area contributed by atoms with Crippen molar-refractivity contribution in [2.45, 2.75) is 39.3 Å². The lowest BCUT2D eigenvalue weighted by Crippen LogP contribution is -2.39. The molecule has 0 aliphatic carbocycles. The van der Waals surface area contributed by atoms with Gasteiger partial charge < -0.3 is 9.64 Å². The molecule has 1 unspecified atom stereocenters. The van der Waals surface area contributed by atoms with Crippen LogP contribution in [0.3, 0.4) is 0 Å². The molecule has 29 heavy (non-hydrogen) atoms. The standard InChI is InChI=1S/C22H33BrN4O2/c1-5-7-20(26-11-10-25(3)13-16(14-26)15-29-4)21-24-19-9-8-17(23)12-18(19)22(28)27(21)6-2/h8-9,12,16,20H,5-7,10-11,13-15H2,1-4H3/t16?,20-/m1/s1. The molecular weight excluding hydrogens is 432 g/mol. The molecule has 3 rings (SSSR count). The smallest absolute Gasteiger partial charge is 0.261 e. The van der Waals surface area contributed by atoms with Gasteiger partial charge in [0.1, 0.15) is 5.82 Å². The van der Waals surface area contributed by atoms with Crippen LogP contribution in [-0.2, 0) is 11.3 Å². The van der Waals surface area contributed by atoms with Crippen LogP contribution in [-0.4, -0.2) is 66.3 Å². The van der Waals surface area contributed by atoms with Crippen molar-refractivity contribution < 1.29 is 4.74 Å². The first-order valence-electron chi connectivity index (χ1n) is 10.6. The van der Waals surface area contributed by atoms with E-state index in [0.29, 0.717) is 17.8 Å². The summed E-state index contributed by atoms with van der Waals surface area (Å²) in [7, 11) is 3.95. The van der Waals surface area contributed by atoms with Crippen LogP contribution in [0.1, 0.15) is 38.6 Å². The summed E-state index contributed by atoms with van der Waals surface area (Å²) in [6, 6.07) is 5.91. The molecule has 1 aromatic carbocycles. The summed E-state index contributed by atoms with van der Waals surface area (Å²) in [5.74, 6) is 1.35. The van der Waals surface area contributed by atoms with E-state index in [1.165, 1.54) is 0 Å². The number of hydrogen-bond acceptors (Lipinski definition) is 5. The van der Waals surface area contributed by atoms with Crippen LogP contribution in [0.4, 0.5) is 0 Å². The first-order valence-corrected chi connectivity index (χ1v) is 11.4. The first kappa shape index (κ1) is 22.4. The molecule has 1 saturated heterocycles. The van der Waals surface area contributed by atoms with E-state index in [0.717, 1.165) is 61.4 Å². The Morgan fingerprint density at radius 3 is 2.76 bits per heavy atom. The van der Waals surface area contributed by atoms with Crippen molar-refractivity contribution in [3.63, 3.8) is 0 Å². The summed E-state index contributed by atoms with van der Waals surface area (Å²) in [4.78, 5) is 23.2. The van der Waals surface area contributed by atoms with E-state index in [1.807, 2.05) is 29.7 Å². The zero-order chi connectivity index (χ0) is 21.0. The highest BCUT2D eigenvalue weighted by atomic mass is 79.9. The normalized spacial score (nSPS) is 20.1. The molecule has 1 aliphatic rings. The molecule has 0 saturated carbocycles. The molecule has 2 aromatic rings. The fourth-order valence-corrected chi connectivity index (χ4v) is 4.82. The van der Waals surface area contributed by atoms with E-state index in [2.05, 4.69) is 39.7 Å². The van der Waals surface area contributed by atoms with Gasteiger partial charge in [0.25, 0.3) is 5.56 Å². The van der Waals surface area contributed by atoms with E-state index < -0.39 is 0 Å². The van der Waals surface area contributed by atoms with Crippen LogP contribution >= 0.6 is 15.9 Å². The van der Waals surface area contributed by atoms with Crippen molar-refractivity contribution in [1.29, 1.82) is 0 Å². The van der Waals surface area contributed by atoms with Crippen molar-refractivity contribution in [2.24, 2.45) is 5.92 Å². The van der Waals surface area contributed by atoms with Gasteiger partial charge in [-0.3, -0.25) is 14.3 Å². The second-order valence-electron chi connectivity index (χ2n) is 8.06. The first-order chi connectivity index (χ1) is 14.0. The van der Waals surface area contributed by atoms with E-state index in [9.17, 15) is 4.79 Å². The molecule has 7 heteroatoms. The minimum atomic E-state index is 0.0512. The summed E-state index contributed by atoms with van der Waals surface area (Å²) in [5, 5.41) is 0.674. The van der Waals surface area contributed by atoms with Gasteiger partial charge in [0.15, 0.2) is 0 Å². The second-order valence-corrected chi connectivity index (χ2v) is 8.98. The molecular formula is C22H33BrN4O2. The molecule has 2 heterocycles. The summed E-state index contributed by atoms with van der Waals surface area (Å²) in [5.41, 5.74) is 0.828. The Labute approximate surface area is 182 Å². The number of ether oxygens (including phenoxy) is 1. The lowest BCUT2D eigenvalue weighted by atomic mass is 10.0. The average molecular weight is 465 g/mol. The third-order valence-electron chi connectivity index (χ3n) is 5.80. The third-order valence-corrected chi connectivity index (χ3v) is 6.29. The Kier molecular flexibility index (Phi) is 7.85. The van der Waals surface area contributed by atoms with Crippen molar-refractivity contribution in [3.05, 3.63) is 38.9 Å². The molecule has 0 spiro atoms. The summed E-state index contributed by atoms with van der Waals surface area (Å²) < 4.78 is 8.26. The number of nitrogens with zero attached hydrogens (tertiary/aromatic N) is 4. The Morgan fingerprint density at radius 1 is 1.28 bits per heavy atom. The van der Waals surface area contributed by atoms with E-state index in [4.69, 9.17) is 9.72 Å². The fourth-order valence-electron chi connectivity index (χ4n) is 4.45. The number of methoxy groups -OCH3 is 1. The van der Waals surface area contributed by atoms with Gasteiger partial charge in [-0.25, -0.2) is 4.98 Å². The van der Waals surface area contributed by atoms with Gasteiger partial charge in [0, 0.05) is 50.2 Å². The van der Waals surface area contributed by atoms with E-state index in [1.54, 1.807) is 7.11 Å². The quantitative estimate of drug-likeness (QED) is 0.627. The Balaban J connectivity index is 2.07. The van der Waals surface area contributed by atoms with Crippen molar-refractivity contribution in [3.8, 4) is 0 Å². The lowest BCUT2D eigenvalue weighted by molar-refractivity contribution is 0.105. The highest BCUT2D eigenvalue weighted by Gasteiger charge is 2.30. The molecule has 0 radical (unpaired) electrons. The number of hydrogen-bond donors (Lipinski definition) is 0. The van der Waals surface area contributed by atoms with Gasteiger partial charge in [-0.15, -0.1) is 0 Å². The predicted octanol–water partition coefficient (Wildman–Crippen LogP) is 3.53. The molecule has 0 amide bonds. The maximum absolute atomic E-state index is 13.3. The van der Waals surface area contributed by atoms with Crippen LogP contribution in [0.2, 0.25) is 0 Å². The zero-order valence-corrected chi connectivity index (χ0v) is 19.6. The van der Waals surface area contributed by atoms with Gasteiger partial charge in [-0.1, -0.05) is 29.3 Å². The Morgan fingerprint density at radius 2 is 2.07 bits per heavy atom. The molecule has 1 aliphatic heterocycles. The topological polar surface area (TPSA) is 50.6 Å². The molecule has 0 bridgehead atoms. The zero-order valence-electron chi connectivity index (χ0n) is 18.0. The van der Waals surface area contributed by atoms with E-state index >= 15 is 0 Å². The van der Waals surface area contributed by atoms with Crippen LogP contribution in [0.15, 0.2) is 27.5 Å². The minimum absolute atomic E-state index is 0.0512. The van der Waals surface area contributed by atoms with Crippen LogP contribution in [0.5, 0.6) is 0 Å². The third kappa shape index (κ3) is 5.08. The van der Waals surface area contributed by atoms with Crippen molar-refractivity contribution in [2.75, 3.05) is 46.9 Å². The number of fused-ring (bicyclic) bond motifs is 1. The van der Waals surface area contributed by atoms with Crippen molar-refractivity contribution in [1.82, 2.24) is 19.4 Å². The summed E-state index contributed by atoms with van der Waals surface area (Å²) in [6.45, 7) is 9.58. The van der Waals surface area contributed by atoms with Gasteiger partial charge >= 0.3 is 0 Å². The van der Waals surface area contributed by atoms with Gasteiger partial charge in [0.2, 0.25) is 0 Å². The highest BCUT2D eigenvalue weighted by molar-refractivity contribution is 9.10. The average Bonchev–Trinajstić information content (AvgIpc) is 2.88. The fraction of sp³-hybridized carbons (Fsp3) is 0.636. The predicted molar refractivity (Wildman–Crippen MR) is 121 cm³/mol. The van der Waals surface area contributed by atoms with E-state index in [-0.39, 0.29) is 11.6 Å². The molecule has 1 fully saturated rings. The largest absolute Gasteiger partial charge is 0.384 e. The molecule has 6 nitrogen and oxygen atoms in total. The number of likely N-dealkylation sites (N-methyl/N-ethyl adjacent to an activating group) is 1. The van der Waals surface area contributed by atoms with Gasteiger partial charge in [-0.05, 0) is 38.6 Å². The molecule has 160 valence electrons. The number of aromatic nitrogens is 2. The second kappa shape index (κ2) is 10.2. The van der Waals surface area contributed by atoms with Gasteiger partial charge in [-0.2, -0.15) is 0 Å². The SMILES string of the molecule is CCC[C@H](c1nc2ccc(Br)cc2c(=O)n1CC)N1CCN(C)CC(COC)C1. The monoisotopic (exact) mass is 464 g/mol. The maximum atomic E-state index is 13.3. The minimum Gasteiger partial charge on any atom is -0.384 e. The van der Waals surface area contributed by atoms with Crippen LogP contribution in [0, 0.1) is 5.92 Å². The molecule has 2 atom stereocenters. The molecule has 1 aromatic heterocycles. The molecule has 0 N–H and O–H groups in total.